The minimum Gasteiger partial charge on any atom is -0.350 e. The van der Waals surface area contributed by atoms with Crippen LogP contribution in [0.2, 0.25) is 5.02 Å². The Morgan fingerprint density at radius 2 is 1.93 bits per heavy atom. The van der Waals surface area contributed by atoms with E-state index in [-0.39, 0.29) is 28.7 Å². The van der Waals surface area contributed by atoms with Crippen molar-refractivity contribution in [2.45, 2.75) is 25.9 Å². The van der Waals surface area contributed by atoms with E-state index in [1.807, 2.05) is 0 Å². The Hall–Kier alpha value is -2.61. The molecule has 0 unspecified atom stereocenters. The lowest BCUT2D eigenvalue weighted by Crippen LogP contribution is -2.28. The number of aromatic nitrogens is 2. The molecule has 0 bridgehead atoms. The molecule has 2 heterocycles. The molecule has 1 N–H and O–H groups in total. The van der Waals surface area contributed by atoms with Crippen molar-refractivity contribution < 1.29 is 22.4 Å². The Balaban J connectivity index is 1.88. The van der Waals surface area contributed by atoms with E-state index in [0.717, 1.165) is 22.2 Å². The number of rotatable bonds is 5. The first-order chi connectivity index (χ1) is 13.2. The van der Waals surface area contributed by atoms with Gasteiger partial charge in [-0.05, 0) is 36.6 Å². The molecule has 0 saturated heterocycles. The molecular weight excluding hydrogens is 398 g/mol. The minimum absolute atomic E-state index is 0.0182. The number of fused-ring (bicyclic) bond motifs is 1. The van der Waals surface area contributed by atoms with Gasteiger partial charge in [-0.3, -0.25) is 9.20 Å². The second kappa shape index (κ2) is 7.79. The van der Waals surface area contributed by atoms with Crippen molar-refractivity contribution in [1.29, 1.82) is 0 Å². The van der Waals surface area contributed by atoms with E-state index in [9.17, 15) is 22.4 Å². The zero-order chi connectivity index (χ0) is 20.5. The van der Waals surface area contributed by atoms with Gasteiger partial charge in [-0.2, -0.15) is 13.2 Å². The third-order valence-electron chi connectivity index (χ3n) is 4.24. The Labute approximate surface area is 163 Å². The fraction of sp³-hybridized carbons (Fsp3) is 0.263. The summed E-state index contributed by atoms with van der Waals surface area (Å²) in [5.41, 5.74) is 0.309. The zero-order valence-corrected chi connectivity index (χ0v) is 15.5. The second-order valence-corrected chi connectivity index (χ2v) is 6.57. The number of aryl methyl sites for hydroxylation is 1. The lowest BCUT2D eigenvalue weighted by molar-refractivity contribution is -0.137. The predicted octanol–water partition coefficient (Wildman–Crippen LogP) is 4.68. The molecule has 28 heavy (non-hydrogen) atoms. The number of carbonyl (C=O) groups excluding carboxylic acids is 1. The van der Waals surface area contributed by atoms with Gasteiger partial charge >= 0.3 is 6.18 Å². The summed E-state index contributed by atoms with van der Waals surface area (Å²) in [6.45, 7) is 1.98. The number of nitrogens with zero attached hydrogens (tertiary/aromatic N) is 2. The molecule has 0 aliphatic heterocycles. The standard InChI is InChI=1S/C19H16ClF4N3O/c1-2-15-16(18(28)25-8-7-11-3-5-13(21)6-4-11)27-10-12(19(22,23)24)9-14(20)17(27)26-15/h3-6,9-10H,2,7-8H2,1H3,(H,25,28). The van der Waals surface area contributed by atoms with Crippen LogP contribution >= 0.6 is 11.6 Å². The van der Waals surface area contributed by atoms with Crippen LogP contribution in [0.4, 0.5) is 17.6 Å². The Morgan fingerprint density at radius 1 is 1.25 bits per heavy atom. The van der Waals surface area contributed by atoms with E-state index < -0.39 is 17.6 Å². The van der Waals surface area contributed by atoms with Crippen LogP contribution in [-0.2, 0) is 19.0 Å². The molecule has 0 fully saturated rings. The number of alkyl halides is 3. The van der Waals surface area contributed by atoms with Gasteiger partial charge in [-0.25, -0.2) is 9.37 Å². The first-order valence-corrected chi connectivity index (χ1v) is 8.88. The molecule has 3 aromatic rings. The topological polar surface area (TPSA) is 46.4 Å². The van der Waals surface area contributed by atoms with Crippen LogP contribution in [-0.4, -0.2) is 21.8 Å². The van der Waals surface area contributed by atoms with Crippen molar-refractivity contribution in [3.63, 3.8) is 0 Å². The number of pyridine rings is 1. The molecule has 0 saturated carbocycles. The number of benzene rings is 1. The summed E-state index contributed by atoms with van der Waals surface area (Å²) in [7, 11) is 0. The SMILES string of the molecule is CCc1nc2c(Cl)cc(C(F)(F)F)cn2c1C(=O)NCCc1ccc(F)cc1. The van der Waals surface area contributed by atoms with Crippen LogP contribution in [0.3, 0.4) is 0 Å². The molecule has 0 spiro atoms. The van der Waals surface area contributed by atoms with Gasteiger partial charge < -0.3 is 5.32 Å². The minimum atomic E-state index is -4.61. The van der Waals surface area contributed by atoms with Crippen LogP contribution in [0.15, 0.2) is 36.5 Å². The zero-order valence-electron chi connectivity index (χ0n) is 14.8. The molecule has 1 aromatic carbocycles. The maximum atomic E-state index is 13.1. The third-order valence-corrected chi connectivity index (χ3v) is 4.52. The average Bonchev–Trinajstić information content (AvgIpc) is 3.02. The van der Waals surface area contributed by atoms with Gasteiger partial charge in [0.2, 0.25) is 0 Å². The van der Waals surface area contributed by atoms with E-state index >= 15 is 0 Å². The van der Waals surface area contributed by atoms with E-state index in [1.165, 1.54) is 12.1 Å². The Bertz CT molecular complexity index is 1010. The van der Waals surface area contributed by atoms with Gasteiger partial charge in [0.15, 0.2) is 5.65 Å². The lowest BCUT2D eigenvalue weighted by Gasteiger charge is -2.10. The average molecular weight is 414 g/mol. The molecule has 3 rings (SSSR count). The first kappa shape index (κ1) is 20.1. The highest BCUT2D eigenvalue weighted by Gasteiger charge is 2.33. The van der Waals surface area contributed by atoms with Crippen molar-refractivity contribution in [1.82, 2.24) is 14.7 Å². The first-order valence-electron chi connectivity index (χ1n) is 8.51. The van der Waals surface area contributed by atoms with Crippen molar-refractivity contribution in [2.75, 3.05) is 6.54 Å². The van der Waals surface area contributed by atoms with Crippen LogP contribution in [0.5, 0.6) is 0 Å². The predicted molar refractivity (Wildman–Crippen MR) is 97.0 cm³/mol. The summed E-state index contributed by atoms with van der Waals surface area (Å²) in [6, 6.07) is 6.62. The van der Waals surface area contributed by atoms with Gasteiger partial charge in [0.05, 0.1) is 16.3 Å². The van der Waals surface area contributed by atoms with Crippen molar-refractivity contribution in [3.05, 3.63) is 69.9 Å². The van der Waals surface area contributed by atoms with E-state index in [2.05, 4.69) is 10.3 Å². The van der Waals surface area contributed by atoms with Crippen LogP contribution in [0.25, 0.3) is 5.65 Å². The smallest absolute Gasteiger partial charge is 0.350 e. The van der Waals surface area contributed by atoms with Crippen LogP contribution in [0, 0.1) is 5.82 Å². The molecule has 0 aliphatic rings. The van der Waals surface area contributed by atoms with Crippen LogP contribution in [0.1, 0.15) is 34.2 Å². The molecule has 9 heteroatoms. The van der Waals surface area contributed by atoms with Gasteiger partial charge in [0.1, 0.15) is 11.5 Å². The highest BCUT2D eigenvalue weighted by Crippen LogP contribution is 2.33. The highest BCUT2D eigenvalue weighted by molar-refractivity contribution is 6.33. The summed E-state index contributed by atoms with van der Waals surface area (Å²) < 4.78 is 53.4. The van der Waals surface area contributed by atoms with E-state index in [0.29, 0.717) is 18.5 Å². The molecule has 2 aromatic heterocycles. The summed E-state index contributed by atoms with van der Waals surface area (Å²) in [6.07, 6.45) is -2.99. The normalized spacial score (nSPS) is 11.8. The fourth-order valence-corrected chi connectivity index (χ4v) is 3.10. The van der Waals surface area contributed by atoms with E-state index in [4.69, 9.17) is 11.6 Å². The number of carbonyl (C=O) groups is 1. The van der Waals surface area contributed by atoms with Crippen molar-refractivity contribution in [3.8, 4) is 0 Å². The summed E-state index contributed by atoms with van der Waals surface area (Å²) in [5.74, 6) is -0.912. The van der Waals surface area contributed by atoms with Crippen molar-refractivity contribution >= 4 is 23.2 Å². The maximum absolute atomic E-state index is 13.1. The molecule has 0 aliphatic carbocycles. The molecule has 0 atom stereocenters. The molecule has 4 nitrogen and oxygen atoms in total. The van der Waals surface area contributed by atoms with Crippen LogP contribution < -0.4 is 5.32 Å². The number of halogens is 5. The van der Waals surface area contributed by atoms with Gasteiger partial charge in [0.25, 0.3) is 5.91 Å². The number of amides is 1. The highest BCUT2D eigenvalue weighted by atomic mass is 35.5. The molecule has 0 radical (unpaired) electrons. The molecule has 148 valence electrons. The monoisotopic (exact) mass is 413 g/mol. The van der Waals surface area contributed by atoms with Crippen molar-refractivity contribution in [2.24, 2.45) is 0 Å². The van der Waals surface area contributed by atoms with Gasteiger partial charge in [-0.1, -0.05) is 30.7 Å². The summed E-state index contributed by atoms with van der Waals surface area (Å²) >= 11 is 5.97. The number of hydrogen-bond donors (Lipinski definition) is 1. The Morgan fingerprint density at radius 3 is 2.54 bits per heavy atom. The second-order valence-electron chi connectivity index (χ2n) is 6.16. The fourth-order valence-electron chi connectivity index (χ4n) is 2.85. The largest absolute Gasteiger partial charge is 0.417 e. The van der Waals surface area contributed by atoms with E-state index in [1.54, 1.807) is 19.1 Å². The lowest BCUT2D eigenvalue weighted by atomic mass is 10.1. The molecule has 1 amide bonds. The summed E-state index contributed by atoms with van der Waals surface area (Å²) in [4.78, 5) is 16.9. The summed E-state index contributed by atoms with van der Waals surface area (Å²) in [5, 5.41) is 2.49. The van der Waals surface area contributed by atoms with Gasteiger partial charge in [0, 0.05) is 12.7 Å². The maximum Gasteiger partial charge on any atom is 0.417 e. The number of imidazole rings is 1. The number of hydrogen-bond acceptors (Lipinski definition) is 2. The third kappa shape index (κ3) is 4.11. The quantitative estimate of drug-likeness (QED) is 0.617. The van der Waals surface area contributed by atoms with Gasteiger partial charge in [-0.15, -0.1) is 0 Å². The number of nitrogens with one attached hydrogen (secondary N) is 1. The molecular formula is C19H16ClF4N3O. The Kier molecular flexibility index (Phi) is 5.60.